The van der Waals surface area contributed by atoms with E-state index in [1.807, 2.05) is 12.2 Å². The van der Waals surface area contributed by atoms with Crippen molar-refractivity contribution in [2.45, 2.75) is 69.9 Å². The molecule has 0 saturated carbocycles. The van der Waals surface area contributed by atoms with Crippen LogP contribution in [0.5, 0.6) is 5.75 Å². The summed E-state index contributed by atoms with van der Waals surface area (Å²) in [6.45, 7) is -5.83. The minimum Gasteiger partial charge on any atom is -0.492 e. The smallest absolute Gasteiger partial charge is 0.265 e. The van der Waals surface area contributed by atoms with Crippen molar-refractivity contribution in [3.05, 3.63) is 89.1 Å². The molecule has 66 heavy (non-hydrogen) atoms. The van der Waals surface area contributed by atoms with E-state index in [2.05, 4.69) is 30.2 Å². The molecule has 20 heteroatoms. The number of nitrogens with one attached hydrogen (secondary N) is 4. The van der Waals surface area contributed by atoms with Gasteiger partial charge in [0.1, 0.15) is 30.0 Å². The number of imide groups is 2. The Morgan fingerprint density at radius 1 is 0.894 bits per heavy atom. The maximum atomic E-state index is 16.6. The van der Waals surface area contributed by atoms with E-state index in [0.29, 0.717) is 60.3 Å². The van der Waals surface area contributed by atoms with E-state index in [0.717, 1.165) is 5.56 Å². The number of aromatic nitrogens is 2. The fourth-order valence-electron chi connectivity index (χ4n) is 7.89. The van der Waals surface area contributed by atoms with Gasteiger partial charge in [0.25, 0.3) is 11.8 Å². The van der Waals surface area contributed by atoms with E-state index < -0.39 is 112 Å². The molecule has 350 valence electrons. The van der Waals surface area contributed by atoms with E-state index in [1.54, 1.807) is 63.4 Å². The predicted octanol–water partition coefficient (Wildman–Crippen LogP) is 4.94. The van der Waals surface area contributed by atoms with Crippen LogP contribution in [0.2, 0.25) is 0 Å². The number of piperazine rings is 1. The average molecular weight is 937 g/mol. The summed E-state index contributed by atoms with van der Waals surface area (Å²) in [5.41, 5.74) is -2.57. The van der Waals surface area contributed by atoms with Gasteiger partial charge in [-0.1, -0.05) is 6.07 Å². The molecule has 3 aromatic carbocycles. The van der Waals surface area contributed by atoms with Crippen molar-refractivity contribution in [3.8, 4) is 5.75 Å². The summed E-state index contributed by atoms with van der Waals surface area (Å²) < 4.78 is 138. The van der Waals surface area contributed by atoms with Crippen LogP contribution in [0.15, 0.2) is 65.7 Å². The van der Waals surface area contributed by atoms with Gasteiger partial charge in [0, 0.05) is 85.7 Å². The number of hydrogen-bond acceptors (Lipinski definition) is 14. The second-order valence-corrected chi connectivity index (χ2v) is 19.0. The number of carbonyl (C=O) groups excluding carboxylic acids is 4. The zero-order chi connectivity index (χ0) is 54.1. The molecule has 1 unspecified atom stereocenters. The third-order valence-electron chi connectivity index (χ3n) is 11.2. The predicted molar refractivity (Wildman–Crippen MR) is 243 cm³/mol. The fraction of sp³-hybridized carbons (Fsp3) is 0.435. The summed E-state index contributed by atoms with van der Waals surface area (Å²) in [6, 6.07) is 12.0. The number of nitrogens with zero attached hydrogens (tertiary/aromatic N) is 6. The minimum atomic E-state index is -3.77. The average Bonchev–Trinajstić information content (AvgIpc) is 3.57. The van der Waals surface area contributed by atoms with Crippen LogP contribution in [-0.2, 0) is 19.6 Å². The van der Waals surface area contributed by atoms with Gasteiger partial charge >= 0.3 is 0 Å². The van der Waals surface area contributed by atoms with Crippen molar-refractivity contribution in [3.63, 3.8) is 0 Å². The Balaban J connectivity index is 0.860. The highest BCUT2D eigenvalue weighted by atomic mass is 32.2. The number of likely N-dealkylation sites (tertiary alicyclic amines) is 1. The number of amides is 4. The largest absolute Gasteiger partial charge is 0.492 e. The second kappa shape index (κ2) is 19.0. The number of aryl methyl sites for hydroxylation is 1. The molecule has 4 aliphatic rings. The molecule has 4 aromatic rings. The van der Waals surface area contributed by atoms with Crippen LogP contribution in [0.3, 0.4) is 0 Å². The van der Waals surface area contributed by atoms with Crippen LogP contribution in [0.25, 0.3) is 0 Å². The number of sulfonamides is 1. The Labute approximate surface area is 393 Å². The summed E-state index contributed by atoms with van der Waals surface area (Å²) in [6.07, 6.45) is 1.73. The van der Waals surface area contributed by atoms with Gasteiger partial charge in [-0.25, -0.2) is 26.9 Å². The van der Waals surface area contributed by atoms with Gasteiger partial charge in [0.05, 0.1) is 27.2 Å². The van der Waals surface area contributed by atoms with Crippen LogP contribution < -0.4 is 30.3 Å². The number of rotatable bonds is 14. The minimum absolute atomic E-state index is 0.0959. The molecule has 4 amide bonds. The zero-order valence-corrected chi connectivity index (χ0v) is 37.3. The van der Waals surface area contributed by atoms with Crippen molar-refractivity contribution in [1.29, 1.82) is 0 Å². The van der Waals surface area contributed by atoms with Gasteiger partial charge in [-0.15, -0.1) is 0 Å². The lowest BCUT2D eigenvalue weighted by molar-refractivity contribution is -0.136. The standard InChI is InChI=1S/C46H54F2N10O7S/c1-28-26-49-45(53-41(28)50-31-6-5-7-33(24-31)66(63,64)54-46(2,3)4)51-30-8-10-32(11-9-30)65-23-22-55-16-14-29(15-17-55)27-56-18-20-57(21-19-56)36-25-34(47)38-39(40(36)48)44(62)58(43(38)61)35-12-13-37(59)52-42(35)60/h5-11,24-26,29,35,54H,12-23,27H2,1-4H3,(H,52,59,60)(H2,49,50,51,53)/i18D2,19D2,20D2,21D2. The molecule has 4 N–H and O–H groups in total. The van der Waals surface area contributed by atoms with Gasteiger partial charge in [0.2, 0.25) is 27.8 Å². The molecule has 0 bridgehead atoms. The normalized spacial score (nSPS) is 23.8. The van der Waals surface area contributed by atoms with E-state index in [9.17, 15) is 27.6 Å². The van der Waals surface area contributed by atoms with Crippen LogP contribution >= 0.6 is 0 Å². The zero-order valence-electron chi connectivity index (χ0n) is 44.5. The molecule has 3 fully saturated rings. The first kappa shape index (κ1) is 37.1. The number of benzene rings is 3. The Hall–Kier alpha value is -6.09. The number of ether oxygens (including phenoxy) is 1. The monoisotopic (exact) mass is 936 g/mol. The first-order chi connectivity index (χ1) is 34.4. The van der Waals surface area contributed by atoms with Gasteiger partial charge < -0.3 is 20.3 Å². The molecule has 3 saturated heterocycles. The van der Waals surface area contributed by atoms with Crippen molar-refractivity contribution >= 4 is 62.5 Å². The quantitative estimate of drug-likeness (QED) is 0.124. The topological polar surface area (TPSA) is 199 Å². The fourth-order valence-corrected chi connectivity index (χ4v) is 9.36. The molecule has 4 aliphatic heterocycles. The summed E-state index contributed by atoms with van der Waals surface area (Å²) in [5.74, 6) is -7.36. The number of halogens is 2. The molecule has 17 nitrogen and oxygen atoms in total. The Morgan fingerprint density at radius 2 is 1.61 bits per heavy atom. The lowest BCUT2D eigenvalue weighted by Crippen LogP contribution is -2.54. The number of carbonyl (C=O) groups is 4. The molecular weight excluding hydrogens is 875 g/mol. The number of fused-ring (bicyclic) bond motifs is 1. The van der Waals surface area contributed by atoms with Crippen LogP contribution in [0.4, 0.5) is 37.6 Å². The summed E-state index contributed by atoms with van der Waals surface area (Å²) >= 11 is 0. The maximum Gasteiger partial charge on any atom is 0.265 e. The summed E-state index contributed by atoms with van der Waals surface area (Å²) in [5, 5.41) is 8.27. The first-order valence-electron chi connectivity index (χ1n) is 25.2. The van der Waals surface area contributed by atoms with Gasteiger partial charge in [-0.05, 0) is 108 Å². The number of hydrogen-bond donors (Lipinski definition) is 4. The molecule has 1 aromatic heterocycles. The van der Waals surface area contributed by atoms with Crippen molar-refractivity contribution in [1.82, 2.24) is 34.7 Å². The molecule has 0 aliphatic carbocycles. The van der Waals surface area contributed by atoms with E-state index in [4.69, 9.17) is 15.7 Å². The Morgan fingerprint density at radius 3 is 2.30 bits per heavy atom. The molecule has 0 radical (unpaired) electrons. The van der Waals surface area contributed by atoms with Crippen LogP contribution in [-0.4, -0.2) is 127 Å². The van der Waals surface area contributed by atoms with Gasteiger partial charge in [0.15, 0.2) is 5.82 Å². The van der Waals surface area contributed by atoms with E-state index >= 15 is 8.78 Å². The van der Waals surface area contributed by atoms with Gasteiger partial charge in [-0.3, -0.25) is 39.2 Å². The highest BCUT2D eigenvalue weighted by molar-refractivity contribution is 7.89. The summed E-state index contributed by atoms with van der Waals surface area (Å²) in [4.78, 5) is 62.7. The first-order valence-corrected chi connectivity index (χ1v) is 22.7. The Bertz CT molecular complexity index is 2990. The summed E-state index contributed by atoms with van der Waals surface area (Å²) in [7, 11) is -3.77. The van der Waals surface area contributed by atoms with E-state index in [1.165, 1.54) is 12.1 Å². The van der Waals surface area contributed by atoms with Gasteiger partial charge in [-0.2, -0.15) is 4.98 Å². The lowest BCUT2D eigenvalue weighted by Gasteiger charge is -2.39. The highest BCUT2D eigenvalue weighted by Crippen LogP contribution is 2.36. The SMILES string of the molecule is [2H]C1([2H])N(CC2CCN(CCOc3ccc(Nc4ncc(C)c(Nc5cccc(S(=O)(=O)NC(C)(C)C)c5)n4)cc3)CC2)C([2H])([2H])C([2H])([2H])N(c2cc(F)c3c(c2F)C(=O)N(C2CCC(=O)NC2=O)C3=O)C1([2H])[2H]. The highest BCUT2D eigenvalue weighted by Gasteiger charge is 2.48. The van der Waals surface area contributed by atoms with Crippen molar-refractivity contribution < 1.29 is 52.1 Å². The molecule has 0 spiro atoms. The molecule has 8 rings (SSSR count). The third-order valence-corrected chi connectivity index (χ3v) is 12.9. The van der Waals surface area contributed by atoms with Crippen molar-refractivity contribution in [2.24, 2.45) is 5.92 Å². The third kappa shape index (κ3) is 10.5. The Kier molecular flexibility index (Phi) is 10.7. The number of piperidine rings is 2. The lowest BCUT2D eigenvalue weighted by atomic mass is 9.96. The van der Waals surface area contributed by atoms with Crippen LogP contribution in [0.1, 0.15) is 83.7 Å². The molecule has 5 heterocycles. The molecule has 1 atom stereocenters. The maximum absolute atomic E-state index is 16.6. The van der Waals surface area contributed by atoms with Crippen LogP contribution in [0, 0.1) is 24.5 Å². The second-order valence-electron chi connectivity index (χ2n) is 17.3. The number of anilines is 5. The molecular formula is C46H54F2N10O7S. The van der Waals surface area contributed by atoms with Crippen molar-refractivity contribution in [2.75, 3.05) is 74.3 Å². The van der Waals surface area contributed by atoms with E-state index in [-0.39, 0.29) is 46.2 Å².